The quantitative estimate of drug-likeness (QED) is 0.832. The Morgan fingerprint density at radius 2 is 1.89 bits per heavy atom. The Morgan fingerprint density at radius 3 is 2.47 bits per heavy atom. The second-order valence-electron chi connectivity index (χ2n) is 4.21. The van der Waals surface area contributed by atoms with Crippen molar-refractivity contribution >= 4 is 27.5 Å². The second kappa shape index (κ2) is 5.97. The minimum Gasteiger partial charge on any atom is -0.308 e. The Bertz CT molecular complexity index is 583. The van der Waals surface area contributed by atoms with Gasteiger partial charge in [-0.2, -0.15) is 0 Å². The van der Waals surface area contributed by atoms with Crippen molar-refractivity contribution in [3.05, 3.63) is 64.4 Å². The first-order valence-electron chi connectivity index (χ1n) is 5.84. The third kappa shape index (κ3) is 3.64. The van der Waals surface area contributed by atoms with Crippen molar-refractivity contribution in [2.24, 2.45) is 0 Å². The van der Waals surface area contributed by atoms with Crippen LogP contribution in [0.2, 0.25) is 0 Å². The Balaban J connectivity index is 2.26. The average molecular weight is 322 g/mol. The highest BCUT2D eigenvalue weighted by Crippen LogP contribution is 2.22. The van der Waals surface area contributed by atoms with Gasteiger partial charge in [0.1, 0.15) is 5.82 Å². The Hall–Kier alpha value is -1.68. The summed E-state index contributed by atoms with van der Waals surface area (Å²) in [5.74, 6) is -0.331. The molecule has 0 bridgehead atoms. The highest BCUT2D eigenvalue weighted by molar-refractivity contribution is 9.10. The fourth-order valence-corrected chi connectivity index (χ4v) is 2.19. The van der Waals surface area contributed by atoms with Crippen LogP contribution in [0.15, 0.2) is 53.0 Å². The number of rotatable bonds is 3. The fraction of sp³-hybridized carbons (Fsp3) is 0.133. The molecule has 2 rings (SSSR count). The molecule has 2 aromatic rings. The minimum absolute atomic E-state index is 0.0533. The second-order valence-corrected chi connectivity index (χ2v) is 5.13. The molecule has 0 heterocycles. The van der Waals surface area contributed by atoms with Crippen LogP contribution in [0, 0.1) is 5.82 Å². The summed E-state index contributed by atoms with van der Waals surface area (Å²) in [5, 5.41) is 0. The molecule has 0 aliphatic heterocycles. The molecule has 0 spiro atoms. The minimum atomic E-state index is -0.277. The van der Waals surface area contributed by atoms with Gasteiger partial charge in [-0.3, -0.25) is 4.79 Å². The Kier molecular flexibility index (Phi) is 4.32. The molecule has 0 aliphatic carbocycles. The summed E-state index contributed by atoms with van der Waals surface area (Å²) in [4.78, 5) is 13.4. The van der Waals surface area contributed by atoms with Crippen molar-refractivity contribution in [2.75, 3.05) is 4.90 Å². The van der Waals surface area contributed by atoms with Gasteiger partial charge in [-0.15, -0.1) is 0 Å². The molecule has 4 heteroatoms. The highest BCUT2D eigenvalue weighted by Gasteiger charge is 2.12. The molecule has 0 aromatic heterocycles. The van der Waals surface area contributed by atoms with Gasteiger partial charge in [0, 0.05) is 17.1 Å². The normalized spacial score (nSPS) is 10.3. The average Bonchev–Trinajstić information content (AvgIpc) is 2.37. The lowest BCUT2D eigenvalue weighted by atomic mass is 10.2. The maximum atomic E-state index is 12.9. The molecular formula is C15H13BrFNO. The van der Waals surface area contributed by atoms with Crippen molar-refractivity contribution in [3.63, 3.8) is 0 Å². The highest BCUT2D eigenvalue weighted by atomic mass is 79.9. The third-order valence-electron chi connectivity index (χ3n) is 2.75. The van der Waals surface area contributed by atoms with E-state index in [-0.39, 0.29) is 11.7 Å². The summed E-state index contributed by atoms with van der Waals surface area (Å²) >= 11 is 3.39. The molecule has 0 atom stereocenters. The predicted molar refractivity (Wildman–Crippen MR) is 77.4 cm³/mol. The van der Waals surface area contributed by atoms with E-state index in [4.69, 9.17) is 0 Å². The maximum Gasteiger partial charge on any atom is 0.224 e. The fourth-order valence-electron chi connectivity index (χ4n) is 1.80. The summed E-state index contributed by atoms with van der Waals surface area (Å²) in [6.45, 7) is 1.94. The van der Waals surface area contributed by atoms with Crippen molar-refractivity contribution in [3.8, 4) is 0 Å². The van der Waals surface area contributed by atoms with E-state index in [0.29, 0.717) is 6.54 Å². The van der Waals surface area contributed by atoms with E-state index in [1.807, 2.05) is 24.3 Å². The summed E-state index contributed by atoms with van der Waals surface area (Å²) in [6.07, 6.45) is 0. The van der Waals surface area contributed by atoms with Crippen LogP contribution in [-0.2, 0) is 11.3 Å². The van der Waals surface area contributed by atoms with E-state index < -0.39 is 0 Å². The summed E-state index contributed by atoms with van der Waals surface area (Å²) in [5.41, 5.74) is 1.70. The van der Waals surface area contributed by atoms with Gasteiger partial charge in [-0.1, -0.05) is 34.1 Å². The molecule has 19 heavy (non-hydrogen) atoms. The van der Waals surface area contributed by atoms with E-state index in [2.05, 4.69) is 15.9 Å². The largest absolute Gasteiger partial charge is 0.308 e. The van der Waals surface area contributed by atoms with Gasteiger partial charge in [0.15, 0.2) is 0 Å². The molecule has 0 saturated heterocycles. The van der Waals surface area contributed by atoms with Crippen LogP contribution in [-0.4, -0.2) is 5.91 Å². The first kappa shape index (κ1) is 13.7. The summed E-state index contributed by atoms with van der Waals surface area (Å²) in [6, 6.07) is 13.7. The number of anilines is 1. The molecule has 0 unspecified atom stereocenters. The summed E-state index contributed by atoms with van der Waals surface area (Å²) < 4.78 is 13.8. The molecule has 2 aromatic carbocycles. The molecule has 0 radical (unpaired) electrons. The number of nitrogens with zero attached hydrogens (tertiary/aromatic N) is 1. The smallest absolute Gasteiger partial charge is 0.224 e. The number of halogens is 2. The zero-order valence-electron chi connectivity index (χ0n) is 10.4. The maximum absolute atomic E-state index is 12.9. The molecule has 0 N–H and O–H groups in total. The van der Waals surface area contributed by atoms with Crippen LogP contribution in [0.25, 0.3) is 0 Å². The zero-order chi connectivity index (χ0) is 13.8. The third-order valence-corrected chi connectivity index (χ3v) is 3.25. The Morgan fingerprint density at radius 1 is 1.21 bits per heavy atom. The molecule has 0 aliphatic rings. The van der Waals surface area contributed by atoms with Crippen LogP contribution in [0.1, 0.15) is 12.5 Å². The van der Waals surface area contributed by atoms with Gasteiger partial charge >= 0.3 is 0 Å². The van der Waals surface area contributed by atoms with Crippen LogP contribution >= 0.6 is 15.9 Å². The van der Waals surface area contributed by atoms with E-state index in [1.54, 1.807) is 17.0 Å². The van der Waals surface area contributed by atoms with E-state index in [1.165, 1.54) is 19.1 Å². The topological polar surface area (TPSA) is 20.3 Å². The number of hydrogen-bond acceptors (Lipinski definition) is 1. The van der Waals surface area contributed by atoms with Gasteiger partial charge in [-0.25, -0.2) is 4.39 Å². The zero-order valence-corrected chi connectivity index (χ0v) is 12.0. The van der Waals surface area contributed by atoms with Gasteiger partial charge in [0.05, 0.1) is 6.54 Å². The van der Waals surface area contributed by atoms with Crippen molar-refractivity contribution < 1.29 is 9.18 Å². The number of carbonyl (C=O) groups excluding carboxylic acids is 1. The molecule has 0 fully saturated rings. The van der Waals surface area contributed by atoms with Crippen molar-refractivity contribution in [2.45, 2.75) is 13.5 Å². The standard InChI is InChI=1S/C15H13BrFNO/c1-11(19)18(15-4-2-3-13(16)9-15)10-12-5-7-14(17)8-6-12/h2-9H,10H2,1H3. The van der Waals surface area contributed by atoms with Gasteiger partial charge < -0.3 is 4.90 Å². The molecule has 98 valence electrons. The summed E-state index contributed by atoms with van der Waals surface area (Å²) in [7, 11) is 0. The first-order valence-corrected chi connectivity index (χ1v) is 6.63. The van der Waals surface area contributed by atoms with E-state index >= 15 is 0 Å². The lowest BCUT2D eigenvalue weighted by Gasteiger charge is -2.21. The lowest BCUT2D eigenvalue weighted by molar-refractivity contribution is -0.116. The first-order chi connectivity index (χ1) is 9.06. The van der Waals surface area contributed by atoms with Crippen LogP contribution in [0.4, 0.5) is 10.1 Å². The van der Waals surface area contributed by atoms with E-state index in [0.717, 1.165) is 15.7 Å². The lowest BCUT2D eigenvalue weighted by Crippen LogP contribution is -2.27. The van der Waals surface area contributed by atoms with Gasteiger partial charge in [-0.05, 0) is 35.9 Å². The van der Waals surface area contributed by atoms with E-state index in [9.17, 15) is 9.18 Å². The molecular weight excluding hydrogens is 309 g/mol. The van der Waals surface area contributed by atoms with Gasteiger partial charge in [0.2, 0.25) is 5.91 Å². The molecule has 0 saturated carbocycles. The monoisotopic (exact) mass is 321 g/mol. The SMILES string of the molecule is CC(=O)N(Cc1ccc(F)cc1)c1cccc(Br)c1. The molecule has 2 nitrogen and oxygen atoms in total. The number of hydrogen-bond donors (Lipinski definition) is 0. The molecule has 1 amide bonds. The predicted octanol–water partition coefficient (Wildman–Crippen LogP) is 4.14. The van der Waals surface area contributed by atoms with Crippen LogP contribution in [0.5, 0.6) is 0 Å². The van der Waals surface area contributed by atoms with Crippen LogP contribution in [0.3, 0.4) is 0 Å². The van der Waals surface area contributed by atoms with Crippen molar-refractivity contribution in [1.29, 1.82) is 0 Å². The van der Waals surface area contributed by atoms with Crippen LogP contribution < -0.4 is 4.90 Å². The number of carbonyl (C=O) groups is 1. The van der Waals surface area contributed by atoms with Crippen molar-refractivity contribution in [1.82, 2.24) is 0 Å². The van der Waals surface area contributed by atoms with Gasteiger partial charge in [0.25, 0.3) is 0 Å². The number of amides is 1. The Labute approximate surface area is 120 Å². The number of benzene rings is 2.